The number of nitrogens with zero attached hydrogens (tertiary/aromatic N) is 2. The van der Waals surface area contributed by atoms with Gasteiger partial charge in [0.2, 0.25) is 0 Å². The first-order valence-electron chi connectivity index (χ1n) is 7.67. The van der Waals surface area contributed by atoms with E-state index in [2.05, 4.69) is 20.6 Å². The Morgan fingerprint density at radius 1 is 1.21 bits per heavy atom. The van der Waals surface area contributed by atoms with Gasteiger partial charge in [0.15, 0.2) is 0 Å². The number of esters is 1. The van der Waals surface area contributed by atoms with E-state index in [0.717, 1.165) is 12.8 Å². The Bertz CT molecular complexity index is 787. The normalized spacial score (nSPS) is 13.2. The molecule has 0 atom stereocenters. The third kappa shape index (κ3) is 3.68. The van der Waals surface area contributed by atoms with Crippen LogP contribution in [0.15, 0.2) is 30.3 Å². The molecule has 1 aromatic heterocycles. The van der Waals surface area contributed by atoms with Gasteiger partial charge < -0.3 is 15.4 Å². The van der Waals surface area contributed by atoms with E-state index >= 15 is 0 Å². The summed E-state index contributed by atoms with van der Waals surface area (Å²) in [5.74, 6) is 0.249. The van der Waals surface area contributed by atoms with Crippen molar-refractivity contribution in [3.8, 4) is 0 Å². The van der Waals surface area contributed by atoms with E-state index in [1.807, 2.05) is 0 Å². The number of aromatic nitrogens is 2. The Balaban J connectivity index is 1.86. The second kappa shape index (κ2) is 6.66. The average molecular weight is 326 g/mol. The number of ether oxygens (including phenoxy) is 1. The molecule has 1 amide bonds. The molecule has 2 N–H and O–H groups in total. The molecule has 0 saturated heterocycles. The maximum atomic E-state index is 12.2. The van der Waals surface area contributed by atoms with Crippen molar-refractivity contribution in [2.75, 3.05) is 12.4 Å². The summed E-state index contributed by atoms with van der Waals surface area (Å²) in [6, 6.07) is 8.76. The lowest BCUT2D eigenvalue weighted by Crippen LogP contribution is -2.26. The minimum atomic E-state index is -0.449. The van der Waals surface area contributed by atoms with Gasteiger partial charge >= 0.3 is 5.97 Å². The van der Waals surface area contributed by atoms with Gasteiger partial charge in [-0.1, -0.05) is 12.1 Å². The monoisotopic (exact) mass is 326 g/mol. The minimum absolute atomic E-state index is 0.215. The molecular formula is C17H18N4O3. The second-order valence-electron chi connectivity index (χ2n) is 5.60. The van der Waals surface area contributed by atoms with Crippen LogP contribution >= 0.6 is 0 Å². The molecule has 7 nitrogen and oxygen atoms in total. The van der Waals surface area contributed by atoms with Crippen molar-refractivity contribution in [3.63, 3.8) is 0 Å². The number of carbonyl (C=O) groups is 2. The van der Waals surface area contributed by atoms with Crippen molar-refractivity contribution in [2.24, 2.45) is 0 Å². The molecule has 1 saturated carbocycles. The largest absolute Gasteiger partial charge is 0.465 e. The summed E-state index contributed by atoms with van der Waals surface area (Å²) in [6.45, 7) is 1.71. The summed E-state index contributed by atoms with van der Waals surface area (Å²) >= 11 is 0. The molecule has 1 aliphatic carbocycles. The van der Waals surface area contributed by atoms with Crippen LogP contribution in [0.1, 0.15) is 39.5 Å². The van der Waals surface area contributed by atoms with Gasteiger partial charge in [-0.05, 0) is 31.9 Å². The van der Waals surface area contributed by atoms with Crippen molar-refractivity contribution in [2.45, 2.75) is 25.8 Å². The van der Waals surface area contributed by atoms with Crippen molar-refractivity contribution >= 4 is 23.4 Å². The fourth-order valence-electron chi connectivity index (χ4n) is 2.25. The molecule has 1 aliphatic rings. The van der Waals surface area contributed by atoms with Crippen LogP contribution in [0, 0.1) is 6.92 Å². The number of benzene rings is 1. The zero-order chi connectivity index (χ0) is 17.1. The minimum Gasteiger partial charge on any atom is -0.465 e. The van der Waals surface area contributed by atoms with Crippen LogP contribution in [0.25, 0.3) is 0 Å². The summed E-state index contributed by atoms with van der Waals surface area (Å²) in [7, 11) is 1.33. The number of anilines is 2. The number of para-hydroxylation sites is 1. The topological polar surface area (TPSA) is 93.2 Å². The predicted octanol–water partition coefficient (Wildman–Crippen LogP) is 2.21. The second-order valence-corrected chi connectivity index (χ2v) is 5.60. The molecule has 1 heterocycles. The highest BCUT2D eigenvalue weighted by molar-refractivity contribution is 5.97. The van der Waals surface area contributed by atoms with E-state index in [4.69, 9.17) is 4.74 Å². The molecule has 0 radical (unpaired) electrons. The summed E-state index contributed by atoms with van der Waals surface area (Å²) in [4.78, 5) is 32.5. The van der Waals surface area contributed by atoms with Gasteiger partial charge in [-0.15, -0.1) is 0 Å². The summed E-state index contributed by atoms with van der Waals surface area (Å²) in [5, 5.41) is 5.96. The highest BCUT2D eigenvalue weighted by atomic mass is 16.5. The Morgan fingerprint density at radius 3 is 2.67 bits per heavy atom. The van der Waals surface area contributed by atoms with E-state index in [-0.39, 0.29) is 11.9 Å². The SMILES string of the molecule is COC(=O)c1ccccc1Nc1cc(C(=O)NC2CC2)nc(C)n1. The fourth-order valence-corrected chi connectivity index (χ4v) is 2.25. The first-order valence-corrected chi connectivity index (χ1v) is 7.67. The van der Waals surface area contributed by atoms with Crippen molar-refractivity contribution < 1.29 is 14.3 Å². The standard InChI is InChI=1S/C17H18N4O3/c1-10-18-14(16(22)20-11-7-8-11)9-15(19-10)21-13-6-4-3-5-12(13)17(23)24-2/h3-6,9,11H,7-8H2,1-2H3,(H,20,22)(H,18,19,21). The summed E-state index contributed by atoms with van der Waals surface area (Å²) in [5.41, 5.74) is 1.24. The molecule has 2 aromatic rings. The van der Waals surface area contributed by atoms with E-state index in [1.165, 1.54) is 7.11 Å². The predicted molar refractivity (Wildman–Crippen MR) is 88.3 cm³/mol. The highest BCUT2D eigenvalue weighted by Crippen LogP contribution is 2.22. The first-order chi connectivity index (χ1) is 11.6. The van der Waals surface area contributed by atoms with E-state index in [9.17, 15) is 9.59 Å². The van der Waals surface area contributed by atoms with Crippen LogP contribution in [0.3, 0.4) is 0 Å². The zero-order valence-electron chi connectivity index (χ0n) is 13.5. The molecule has 0 aliphatic heterocycles. The summed E-state index contributed by atoms with van der Waals surface area (Å²) < 4.78 is 4.78. The van der Waals surface area contributed by atoms with E-state index in [1.54, 1.807) is 37.3 Å². The van der Waals surface area contributed by atoms with E-state index < -0.39 is 5.97 Å². The first kappa shape index (κ1) is 15.9. The number of nitrogens with one attached hydrogen (secondary N) is 2. The van der Waals surface area contributed by atoms with Gasteiger partial charge in [0.25, 0.3) is 5.91 Å². The molecule has 7 heteroatoms. The molecule has 0 spiro atoms. The van der Waals surface area contributed by atoms with Gasteiger partial charge in [0.1, 0.15) is 17.3 Å². The number of methoxy groups -OCH3 is 1. The lowest BCUT2D eigenvalue weighted by molar-refractivity contribution is 0.0601. The molecule has 3 rings (SSSR count). The summed E-state index contributed by atoms with van der Waals surface area (Å²) in [6.07, 6.45) is 2.01. The van der Waals surface area contributed by atoms with Gasteiger partial charge in [-0.2, -0.15) is 0 Å². The Labute approximate surface area is 139 Å². The number of amides is 1. The van der Waals surface area contributed by atoms with Crippen LogP contribution in [0.2, 0.25) is 0 Å². The number of hydrogen-bond acceptors (Lipinski definition) is 6. The fraction of sp³-hybridized carbons (Fsp3) is 0.294. The quantitative estimate of drug-likeness (QED) is 0.818. The molecule has 1 fully saturated rings. The van der Waals surface area contributed by atoms with Crippen LogP contribution < -0.4 is 10.6 Å². The number of aryl methyl sites for hydroxylation is 1. The number of hydrogen-bond donors (Lipinski definition) is 2. The van der Waals surface area contributed by atoms with Gasteiger partial charge in [0.05, 0.1) is 18.4 Å². The lowest BCUT2D eigenvalue weighted by atomic mass is 10.2. The van der Waals surface area contributed by atoms with Crippen molar-refractivity contribution in [1.82, 2.24) is 15.3 Å². The molecular weight excluding hydrogens is 308 g/mol. The van der Waals surface area contributed by atoms with Crippen molar-refractivity contribution in [3.05, 3.63) is 47.4 Å². The van der Waals surface area contributed by atoms with Gasteiger partial charge in [0, 0.05) is 12.1 Å². The number of carbonyl (C=O) groups excluding carboxylic acids is 2. The molecule has 124 valence electrons. The van der Waals surface area contributed by atoms with Crippen LogP contribution in [0.5, 0.6) is 0 Å². The highest BCUT2D eigenvalue weighted by Gasteiger charge is 2.24. The smallest absolute Gasteiger partial charge is 0.339 e. The molecule has 24 heavy (non-hydrogen) atoms. The van der Waals surface area contributed by atoms with Crippen molar-refractivity contribution in [1.29, 1.82) is 0 Å². The van der Waals surface area contributed by atoms with E-state index in [0.29, 0.717) is 28.6 Å². The Kier molecular flexibility index (Phi) is 4.41. The van der Waals surface area contributed by atoms with Crippen LogP contribution in [0.4, 0.5) is 11.5 Å². The van der Waals surface area contributed by atoms with Crippen LogP contribution in [-0.4, -0.2) is 35.0 Å². The zero-order valence-corrected chi connectivity index (χ0v) is 13.5. The average Bonchev–Trinajstić information content (AvgIpc) is 3.38. The Morgan fingerprint density at radius 2 is 1.96 bits per heavy atom. The third-order valence-electron chi connectivity index (χ3n) is 3.58. The van der Waals surface area contributed by atoms with Gasteiger partial charge in [-0.3, -0.25) is 4.79 Å². The van der Waals surface area contributed by atoms with Crippen LogP contribution in [-0.2, 0) is 4.74 Å². The molecule has 0 bridgehead atoms. The number of rotatable bonds is 5. The third-order valence-corrected chi connectivity index (χ3v) is 3.58. The molecule has 0 unspecified atom stereocenters. The lowest BCUT2D eigenvalue weighted by Gasteiger charge is -2.11. The maximum absolute atomic E-state index is 12.2. The molecule has 1 aromatic carbocycles. The Hall–Kier alpha value is -2.96. The van der Waals surface area contributed by atoms with Gasteiger partial charge in [-0.25, -0.2) is 14.8 Å². The maximum Gasteiger partial charge on any atom is 0.339 e.